The van der Waals surface area contributed by atoms with Gasteiger partial charge in [-0.15, -0.1) is 0 Å². The highest BCUT2D eigenvalue weighted by atomic mass is 32.2. The van der Waals surface area contributed by atoms with Crippen molar-refractivity contribution in [3.8, 4) is 0 Å². The van der Waals surface area contributed by atoms with Crippen molar-refractivity contribution in [2.45, 2.75) is 38.3 Å². The number of rotatable bonds is 8. The van der Waals surface area contributed by atoms with E-state index in [1.54, 1.807) is 18.2 Å². The molecule has 2 aromatic carbocycles. The van der Waals surface area contributed by atoms with Crippen LogP contribution in [0.4, 0.5) is 4.39 Å². The lowest BCUT2D eigenvalue weighted by atomic mass is 10.1. The van der Waals surface area contributed by atoms with Crippen molar-refractivity contribution in [1.82, 2.24) is 9.62 Å². The van der Waals surface area contributed by atoms with E-state index in [2.05, 4.69) is 5.32 Å². The van der Waals surface area contributed by atoms with Gasteiger partial charge in [0.25, 0.3) is 0 Å². The molecule has 2 aromatic rings. The molecule has 0 saturated carbocycles. The highest BCUT2D eigenvalue weighted by Crippen LogP contribution is 2.19. The maximum atomic E-state index is 13.2. The Morgan fingerprint density at radius 1 is 1.08 bits per heavy atom. The van der Waals surface area contributed by atoms with Crippen LogP contribution in [0.2, 0.25) is 0 Å². The van der Waals surface area contributed by atoms with Gasteiger partial charge < -0.3 is 5.32 Å². The molecule has 25 heavy (non-hydrogen) atoms. The molecule has 4 nitrogen and oxygen atoms in total. The number of halogens is 1. The molecular weight excluding hydrogens is 339 g/mol. The second-order valence-electron chi connectivity index (χ2n) is 5.89. The monoisotopic (exact) mass is 364 g/mol. The summed E-state index contributed by atoms with van der Waals surface area (Å²) in [5.74, 6) is -0.252. The topological polar surface area (TPSA) is 49.4 Å². The van der Waals surface area contributed by atoms with E-state index in [-0.39, 0.29) is 11.9 Å². The summed E-state index contributed by atoms with van der Waals surface area (Å²) in [5, 5.41) is 3.32. The van der Waals surface area contributed by atoms with Crippen LogP contribution in [0.15, 0.2) is 53.4 Å². The van der Waals surface area contributed by atoms with Crippen LogP contribution in [0, 0.1) is 5.82 Å². The van der Waals surface area contributed by atoms with E-state index < -0.39 is 10.0 Å². The normalized spacial score (nSPS) is 13.2. The molecule has 0 aromatic heterocycles. The first-order valence-electron chi connectivity index (χ1n) is 8.46. The summed E-state index contributed by atoms with van der Waals surface area (Å²) >= 11 is 0. The van der Waals surface area contributed by atoms with Gasteiger partial charge in [-0.25, -0.2) is 12.8 Å². The van der Waals surface area contributed by atoms with Crippen LogP contribution in [0.25, 0.3) is 0 Å². The van der Waals surface area contributed by atoms with Gasteiger partial charge in [0.1, 0.15) is 5.82 Å². The Morgan fingerprint density at radius 2 is 1.72 bits per heavy atom. The number of nitrogens with zero attached hydrogens (tertiary/aromatic N) is 1. The molecule has 6 heteroatoms. The molecular formula is C19H25FN2O2S. The van der Waals surface area contributed by atoms with Crippen LogP contribution < -0.4 is 5.32 Å². The first-order chi connectivity index (χ1) is 11.9. The third-order valence-electron chi connectivity index (χ3n) is 4.22. The van der Waals surface area contributed by atoms with E-state index in [4.69, 9.17) is 0 Å². The lowest BCUT2D eigenvalue weighted by Gasteiger charge is -2.19. The molecule has 0 bridgehead atoms. The zero-order chi connectivity index (χ0) is 18.4. The lowest BCUT2D eigenvalue weighted by Crippen LogP contribution is -2.30. The van der Waals surface area contributed by atoms with E-state index in [1.807, 2.05) is 39.0 Å². The van der Waals surface area contributed by atoms with Crippen molar-refractivity contribution < 1.29 is 12.8 Å². The molecule has 0 aliphatic heterocycles. The van der Waals surface area contributed by atoms with Gasteiger partial charge in [-0.3, -0.25) is 0 Å². The fraction of sp³-hybridized carbons (Fsp3) is 0.368. The summed E-state index contributed by atoms with van der Waals surface area (Å²) in [7, 11) is -3.43. The Hall–Kier alpha value is -1.76. The van der Waals surface area contributed by atoms with E-state index in [9.17, 15) is 12.8 Å². The largest absolute Gasteiger partial charge is 0.306 e. The van der Waals surface area contributed by atoms with Crippen LogP contribution >= 0.6 is 0 Å². The van der Waals surface area contributed by atoms with Crippen LogP contribution in [0.5, 0.6) is 0 Å². The van der Waals surface area contributed by atoms with Crippen LogP contribution in [-0.2, 0) is 16.6 Å². The Morgan fingerprint density at radius 3 is 2.28 bits per heavy atom. The molecule has 0 radical (unpaired) electrons. The minimum atomic E-state index is -3.43. The summed E-state index contributed by atoms with van der Waals surface area (Å²) in [6, 6.07) is 13.4. The fourth-order valence-corrected chi connectivity index (χ4v) is 4.13. The van der Waals surface area contributed by atoms with Gasteiger partial charge in [0.2, 0.25) is 10.0 Å². The maximum Gasteiger partial charge on any atom is 0.243 e. The van der Waals surface area contributed by atoms with Crippen molar-refractivity contribution in [3.05, 3.63) is 65.5 Å². The van der Waals surface area contributed by atoms with Gasteiger partial charge in [0.05, 0.1) is 4.90 Å². The molecule has 0 spiro atoms. The van der Waals surface area contributed by atoms with E-state index in [0.717, 1.165) is 11.1 Å². The highest BCUT2D eigenvalue weighted by Gasteiger charge is 2.21. The van der Waals surface area contributed by atoms with Gasteiger partial charge in [0, 0.05) is 25.7 Å². The number of nitrogens with one attached hydrogen (secondary N) is 1. The van der Waals surface area contributed by atoms with Crippen molar-refractivity contribution in [1.29, 1.82) is 0 Å². The molecule has 0 aliphatic carbocycles. The second-order valence-corrected chi connectivity index (χ2v) is 7.83. The van der Waals surface area contributed by atoms with Gasteiger partial charge in [-0.2, -0.15) is 4.31 Å². The van der Waals surface area contributed by atoms with E-state index >= 15 is 0 Å². The van der Waals surface area contributed by atoms with E-state index in [1.165, 1.54) is 16.4 Å². The molecule has 1 N–H and O–H groups in total. The molecule has 0 saturated heterocycles. The summed E-state index contributed by atoms with van der Waals surface area (Å²) in [6.07, 6.45) is 0. The molecule has 0 heterocycles. The zero-order valence-corrected chi connectivity index (χ0v) is 15.7. The van der Waals surface area contributed by atoms with Gasteiger partial charge in [-0.05, 0) is 42.3 Å². The average Bonchev–Trinajstić information content (AvgIpc) is 2.60. The summed E-state index contributed by atoms with van der Waals surface area (Å²) in [4.78, 5) is 0.303. The Bertz CT molecular complexity index is 787. The molecule has 0 amide bonds. The number of hydrogen-bond acceptors (Lipinski definition) is 3. The first kappa shape index (κ1) is 19.6. The average molecular weight is 364 g/mol. The van der Waals surface area contributed by atoms with Crippen molar-refractivity contribution >= 4 is 10.0 Å². The van der Waals surface area contributed by atoms with Crippen LogP contribution in [0.3, 0.4) is 0 Å². The quantitative estimate of drug-likeness (QED) is 0.777. The third kappa shape index (κ3) is 4.87. The maximum absolute atomic E-state index is 13.2. The summed E-state index contributed by atoms with van der Waals surface area (Å²) in [6.45, 7) is 7.09. The number of sulfonamides is 1. The second kappa shape index (κ2) is 8.56. The zero-order valence-electron chi connectivity index (χ0n) is 14.9. The van der Waals surface area contributed by atoms with Crippen LogP contribution in [-0.4, -0.2) is 25.8 Å². The first-order valence-corrected chi connectivity index (χ1v) is 9.90. The smallest absolute Gasteiger partial charge is 0.243 e. The van der Waals surface area contributed by atoms with E-state index in [0.29, 0.717) is 24.5 Å². The van der Waals surface area contributed by atoms with Crippen molar-refractivity contribution in [3.63, 3.8) is 0 Å². The Labute approximate surface area is 149 Å². The van der Waals surface area contributed by atoms with Crippen LogP contribution in [0.1, 0.15) is 37.9 Å². The third-order valence-corrected chi connectivity index (χ3v) is 6.29. The Kier molecular flexibility index (Phi) is 6.70. The Balaban J connectivity index is 2.06. The molecule has 0 fully saturated rings. The van der Waals surface area contributed by atoms with Gasteiger partial charge in [-0.1, -0.05) is 38.1 Å². The predicted molar refractivity (Wildman–Crippen MR) is 98.2 cm³/mol. The van der Waals surface area contributed by atoms with Gasteiger partial charge in [0.15, 0.2) is 0 Å². The van der Waals surface area contributed by atoms with Crippen molar-refractivity contribution in [2.75, 3.05) is 13.1 Å². The molecule has 136 valence electrons. The molecule has 0 unspecified atom stereocenters. The van der Waals surface area contributed by atoms with Crippen molar-refractivity contribution in [2.24, 2.45) is 0 Å². The molecule has 0 aliphatic rings. The fourth-order valence-electron chi connectivity index (χ4n) is 2.68. The SMILES string of the molecule is CCN(CC)S(=O)(=O)c1ccc([C@@H](C)NCc2cccc(F)c2)cc1. The summed E-state index contributed by atoms with van der Waals surface area (Å²) < 4.78 is 39.6. The predicted octanol–water partition coefficient (Wildman–Crippen LogP) is 3.71. The minimum absolute atomic E-state index is 0.0217. The molecule has 1 atom stereocenters. The lowest BCUT2D eigenvalue weighted by molar-refractivity contribution is 0.445. The highest BCUT2D eigenvalue weighted by molar-refractivity contribution is 7.89. The summed E-state index contributed by atoms with van der Waals surface area (Å²) in [5.41, 5.74) is 1.85. The van der Waals surface area contributed by atoms with Gasteiger partial charge >= 0.3 is 0 Å². The standard InChI is InChI=1S/C19H25FN2O2S/c1-4-22(5-2)25(23,24)19-11-9-17(10-12-19)15(3)21-14-16-7-6-8-18(20)13-16/h6-13,15,21H,4-5,14H2,1-3H3/t15-/m1/s1. The number of hydrogen-bond donors (Lipinski definition) is 1. The molecule has 2 rings (SSSR count). The number of benzene rings is 2. The minimum Gasteiger partial charge on any atom is -0.306 e.